The summed E-state index contributed by atoms with van der Waals surface area (Å²) in [5, 5.41) is 2.27. The normalized spacial score (nSPS) is 15.2. The van der Waals surface area contributed by atoms with E-state index in [1.54, 1.807) is 0 Å². The summed E-state index contributed by atoms with van der Waals surface area (Å²) in [6, 6.07) is 63.6. The summed E-state index contributed by atoms with van der Waals surface area (Å²) in [5.41, 5.74) is 22.5. The highest BCUT2D eigenvalue weighted by molar-refractivity contribution is 6.73. The predicted octanol–water partition coefficient (Wildman–Crippen LogP) is 13.9. The Morgan fingerprint density at radius 3 is 1.85 bits per heavy atom. The van der Waals surface area contributed by atoms with Gasteiger partial charge >= 0.3 is 0 Å². The smallest absolute Gasteiger partial charge is 0.184 e. The van der Waals surface area contributed by atoms with E-state index < -0.39 is 0 Å². The van der Waals surface area contributed by atoms with Gasteiger partial charge in [0.2, 0.25) is 0 Å². The Bertz CT molecular complexity index is 3190. The molecule has 1 aliphatic heterocycles. The van der Waals surface area contributed by atoms with E-state index in [-0.39, 0.29) is 10.8 Å². The first kappa shape index (κ1) is 34.5. The van der Waals surface area contributed by atoms with Gasteiger partial charge < -0.3 is 9.32 Å². The van der Waals surface area contributed by atoms with Crippen LogP contribution in [0.25, 0.3) is 55.3 Å². The van der Waals surface area contributed by atoms with Gasteiger partial charge in [-0.15, -0.1) is 0 Å². The van der Waals surface area contributed by atoms with Gasteiger partial charge in [-0.1, -0.05) is 166 Å². The second kappa shape index (κ2) is 12.5. The van der Waals surface area contributed by atoms with Gasteiger partial charge in [-0.05, 0) is 105 Å². The van der Waals surface area contributed by atoms with Crippen molar-refractivity contribution >= 4 is 51.2 Å². The van der Waals surface area contributed by atoms with Crippen molar-refractivity contribution in [2.24, 2.45) is 0 Å². The average Bonchev–Trinajstić information content (AvgIpc) is 3.98. The lowest BCUT2D eigenvalue weighted by Gasteiger charge is -2.31. The zero-order valence-electron chi connectivity index (χ0n) is 34.0. The molecule has 2 nitrogen and oxygen atoms in total. The Labute approximate surface area is 346 Å². The summed E-state index contributed by atoms with van der Waals surface area (Å²) < 4.78 is 6.60. The Hall–Kier alpha value is -6.58. The van der Waals surface area contributed by atoms with E-state index in [0.29, 0.717) is 6.71 Å². The second-order valence-corrected chi connectivity index (χ2v) is 18.1. The van der Waals surface area contributed by atoms with E-state index in [2.05, 4.69) is 202 Å². The molecule has 282 valence electrons. The number of hydrogen-bond acceptors (Lipinski definition) is 2. The van der Waals surface area contributed by atoms with E-state index in [1.807, 2.05) is 0 Å². The van der Waals surface area contributed by atoms with Crippen LogP contribution in [0.2, 0.25) is 0 Å². The first-order chi connectivity index (χ1) is 28.7. The molecule has 0 saturated carbocycles. The second-order valence-electron chi connectivity index (χ2n) is 18.1. The number of para-hydroxylation sites is 1. The molecule has 0 fully saturated rings. The van der Waals surface area contributed by atoms with Gasteiger partial charge in [-0.25, -0.2) is 0 Å². The van der Waals surface area contributed by atoms with Crippen molar-refractivity contribution in [1.29, 1.82) is 0 Å². The molecular formula is C56H44BNO. The van der Waals surface area contributed by atoms with Crippen molar-refractivity contribution in [2.45, 2.75) is 51.2 Å². The number of furan rings is 1. The molecule has 3 aliphatic rings. The molecule has 0 spiro atoms. The van der Waals surface area contributed by atoms with Crippen molar-refractivity contribution in [3.05, 3.63) is 203 Å². The zero-order chi connectivity index (χ0) is 39.6. The minimum Gasteiger partial charge on any atom is -0.456 e. The van der Waals surface area contributed by atoms with Crippen LogP contribution in [-0.4, -0.2) is 6.71 Å². The third kappa shape index (κ3) is 5.07. The maximum absolute atomic E-state index is 6.60. The first-order valence-corrected chi connectivity index (χ1v) is 21.2. The highest BCUT2D eigenvalue weighted by Gasteiger charge is 2.39. The predicted molar refractivity (Wildman–Crippen MR) is 248 cm³/mol. The van der Waals surface area contributed by atoms with Gasteiger partial charge in [-0.2, -0.15) is 0 Å². The molecule has 59 heavy (non-hydrogen) atoms. The van der Waals surface area contributed by atoms with Crippen LogP contribution >= 0.6 is 0 Å². The lowest BCUT2D eigenvalue weighted by molar-refractivity contribution is 0.660. The van der Waals surface area contributed by atoms with Gasteiger partial charge in [0.15, 0.2) is 6.71 Å². The maximum Gasteiger partial charge on any atom is 0.184 e. The molecule has 0 atom stereocenters. The molecule has 9 aromatic rings. The molecule has 1 aromatic heterocycles. The number of nitrogens with zero attached hydrogens (tertiary/aromatic N) is 1. The monoisotopic (exact) mass is 757 g/mol. The zero-order valence-corrected chi connectivity index (χ0v) is 34.0. The van der Waals surface area contributed by atoms with Gasteiger partial charge in [0, 0.05) is 44.6 Å². The molecule has 2 heterocycles. The summed E-state index contributed by atoms with van der Waals surface area (Å²) in [5.74, 6) is 0. The molecule has 12 rings (SSSR count). The van der Waals surface area contributed by atoms with Gasteiger partial charge in [0.25, 0.3) is 0 Å². The fraction of sp³-hybridized carbons (Fsp3) is 0.143. The van der Waals surface area contributed by atoms with E-state index in [9.17, 15) is 0 Å². The molecule has 0 bridgehead atoms. The molecule has 0 saturated heterocycles. The number of benzene rings is 8. The summed E-state index contributed by atoms with van der Waals surface area (Å²) in [6.07, 6.45) is 2.13. The van der Waals surface area contributed by atoms with Crippen LogP contribution in [0.1, 0.15) is 61.1 Å². The van der Waals surface area contributed by atoms with Crippen molar-refractivity contribution in [1.82, 2.24) is 0 Å². The molecule has 0 amide bonds. The number of hydrogen-bond donors (Lipinski definition) is 0. The third-order valence-corrected chi connectivity index (χ3v) is 14.1. The topological polar surface area (TPSA) is 16.4 Å². The molecule has 8 aromatic carbocycles. The SMILES string of the molecule is CC1(C)c2ccccc2-c2ccc(N(c3ccc4c(c3)oc3ccccc34)c3cc4c(cc3-c3ccc5c(c3)CB(c3ccccc3)C5)-c3ccccc3C4(C)C)cc21. The van der Waals surface area contributed by atoms with Crippen LogP contribution in [0.15, 0.2) is 174 Å². The first-order valence-electron chi connectivity index (χ1n) is 21.2. The van der Waals surface area contributed by atoms with Crippen LogP contribution in [0.5, 0.6) is 0 Å². The van der Waals surface area contributed by atoms with E-state index in [0.717, 1.165) is 46.0 Å². The van der Waals surface area contributed by atoms with Crippen LogP contribution in [0.4, 0.5) is 17.1 Å². The Morgan fingerprint density at radius 1 is 0.441 bits per heavy atom. The lowest BCUT2D eigenvalue weighted by atomic mass is 9.43. The summed E-state index contributed by atoms with van der Waals surface area (Å²) >= 11 is 0. The average molecular weight is 758 g/mol. The van der Waals surface area contributed by atoms with Crippen molar-refractivity contribution in [2.75, 3.05) is 4.90 Å². The van der Waals surface area contributed by atoms with E-state index in [4.69, 9.17) is 4.42 Å². The Morgan fingerprint density at radius 2 is 1.05 bits per heavy atom. The van der Waals surface area contributed by atoms with Crippen LogP contribution in [0, 0.1) is 0 Å². The fourth-order valence-corrected chi connectivity index (χ4v) is 11.0. The minimum absolute atomic E-state index is 0.143. The summed E-state index contributed by atoms with van der Waals surface area (Å²) in [4.78, 5) is 2.51. The van der Waals surface area contributed by atoms with Crippen LogP contribution in [0.3, 0.4) is 0 Å². The molecular weight excluding hydrogens is 713 g/mol. The molecule has 0 unspecified atom stereocenters. The largest absolute Gasteiger partial charge is 0.456 e. The van der Waals surface area contributed by atoms with Crippen LogP contribution < -0.4 is 10.4 Å². The van der Waals surface area contributed by atoms with Gasteiger partial charge in [0.05, 0.1) is 5.69 Å². The number of rotatable bonds is 5. The molecule has 0 radical (unpaired) electrons. The Balaban J connectivity index is 1.11. The lowest BCUT2D eigenvalue weighted by Crippen LogP contribution is -2.31. The highest BCUT2D eigenvalue weighted by atomic mass is 16.3. The van der Waals surface area contributed by atoms with E-state index >= 15 is 0 Å². The molecule has 2 aliphatic carbocycles. The molecule has 0 N–H and O–H groups in total. The molecule has 3 heteroatoms. The Kier molecular flexibility index (Phi) is 7.28. The number of anilines is 3. The van der Waals surface area contributed by atoms with Crippen molar-refractivity contribution in [3.63, 3.8) is 0 Å². The van der Waals surface area contributed by atoms with Crippen molar-refractivity contribution < 1.29 is 4.42 Å². The fourth-order valence-electron chi connectivity index (χ4n) is 11.0. The number of fused-ring (bicyclic) bond motifs is 10. The maximum atomic E-state index is 6.60. The van der Waals surface area contributed by atoms with Gasteiger partial charge in [-0.3, -0.25) is 0 Å². The van der Waals surface area contributed by atoms with E-state index in [1.165, 1.54) is 77.9 Å². The standard InChI is InChI=1S/C56H44BNO/c1-55(2)48-19-11-8-16-41(48)43-26-24-39(29-50(43)55)58(40-25-27-45-44-18-10-13-21-53(44)59-54(45)30-40)52-32-51-47(42-17-9-12-20-49(42)56(51,3)4)31-46(52)35-22-23-36-33-57(34-37(36)28-35)38-14-6-5-7-15-38/h5-32H,33-34H2,1-4H3. The van der Waals surface area contributed by atoms with Gasteiger partial charge in [0.1, 0.15) is 11.2 Å². The summed E-state index contributed by atoms with van der Waals surface area (Å²) in [7, 11) is 0. The van der Waals surface area contributed by atoms with Crippen LogP contribution in [-0.2, 0) is 23.5 Å². The third-order valence-electron chi connectivity index (χ3n) is 14.1. The minimum atomic E-state index is -0.171. The summed E-state index contributed by atoms with van der Waals surface area (Å²) in [6.45, 7) is 10.0. The quantitative estimate of drug-likeness (QED) is 0.163. The van der Waals surface area contributed by atoms with Crippen molar-refractivity contribution in [3.8, 4) is 33.4 Å². The highest BCUT2D eigenvalue weighted by Crippen LogP contribution is 2.55.